The molecule has 2 rings (SSSR count). The van der Waals surface area contributed by atoms with E-state index in [0.717, 1.165) is 26.2 Å². The second-order valence-electron chi connectivity index (χ2n) is 5.47. The monoisotopic (exact) mass is 292 g/mol. The van der Waals surface area contributed by atoms with Gasteiger partial charge in [-0.1, -0.05) is 6.07 Å². The molecule has 110 valence electrons. The summed E-state index contributed by atoms with van der Waals surface area (Å²) in [6.45, 7) is 6.26. The molecule has 0 amide bonds. The van der Waals surface area contributed by atoms with E-state index >= 15 is 0 Å². The van der Waals surface area contributed by atoms with Gasteiger partial charge in [-0.05, 0) is 32.5 Å². The minimum atomic E-state index is 0.964. The zero-order chi connectivity index (χ0) is 14.5. The summed E-state index contributed by atoms with van der Waals surface area (Å²) in [5.74, 6) is 0. The Labute approximate surface area is 125 Å². The summed E-state index contributed by atoms with van der Waals surface area (Å²) in [6.07, 6.45) is 1.99. The van der Waals surface area contributed by atoms with Gasteiger partial charge in [-0.3, -0.25) is 9.58 Å². The van der Waals surface area contributed by atoms with E-state index in [9.17, 15) is 0 Å². The normalized spacial score (nSPS) is 11.7. The van der Waals surface area contributed by atoms with Crippen LogP contribution in [0.2, 0.25) is 0 Å². The molecule has 20 heavy (non-hydrogen) atoms. The lowest BCUT2D eigenvalue weighted by molar-refractivity contribution is 0.227. The summed E-state index contributed by atoms with van der Waals surface area (Å²) in [4.78, 5) is 6.15. The zero-order valence-electron chi connectivity index (χ0n) is 12.8. The van der Waals surface area contributed by atoms with Gasteiger partial charge in [-0.15, -0.1) is 11.3 Å². The van der Waals surface area contributed by atoms with Gasteiger partial charge in [0.1, 0.15) is 0 Å². The molecule has 0 fully saturated rings. The molecule has 0 bridgehead atoms. The fourth-order valence-corrected chi connectivity index (χ4v) is 2.86. The van der Waals surface area contributed by atoms with Gasteiger partial charge in [0.05, 0.1) is 6.20 Å². The van der Waals surface area contributed by atoms with Gasteiger partial charge < -0.3 is 4.90 Å². The van der Waals surface area contributed by atoms with Crippen molar-refractivity contribution >= 4 is 11.3 Å². The van der Waals surface area contributed by atoms with Crippen LogP contribution in [-0.4, -0.2) is 46.8 Å². The van der Waals surface area contributed by atoms with Crippen molar-refractivity contribution in [2.24, 2.45) is 7.05 Å². The van der Waals surface area contributed by atoms with Gasteiger partial charge in [0.25, 0.3) is 0 Å². The fourth-order valence-electron chi connectivity index (χ4n) is 2.12. The van der Waals surface area contributed by atoms with Crippen LogP contribution in [0.15, 0.2) is 23.7 Å². The van der Waals surface area contributed by atoms with Gasteiger partial charge in [0.15, 0.2) is 0 Å². The number of likely N-dealkylation sites (N-methyl/N-ethyl adjacent to an activating group) is 1. The van der Waals surface area contributed by atoms with E-state index in [0.29, 0.717) is 0 Å². The van der Waals surface area contributed by atoms with Crippen LogP contribution in [0.1, 0.15) is 16.1 Å². The topological polar surface area (TPSA) is 24.3 Å². The van der Waals surface area contributed by atoms with E-state index in [4.69, 9.17) is 0 Å². The molecule has 0 aromatic carbocycles. The molecule has 5 heteroatoms. The molecule has 0 N–H and O–H groups in total. The Morgan fingerprint density at radius 1 is 1.25 bits per heavy atom. The molecule has 0 saturated carbocycles. The lowest BCUT2D eigenvalue weighted by Gasteiger charge is -2.23. The molecule has 2 aromatic rings. The summed E-state index contributed by atoms with van der Waals surface area (Å²) >= 11 is 1.83. The molecule has 0 aliphatic heterocycles. The Hall–Kier alpha value is -1.17. The third kappa shape index (κ3) is 4.16. The van der Waals surface area contributed by atoms with Crippen molar-refractivity contribution in [3.05, 3.63) is 39.8 Å². The largest absolute Gasteiger partial charge is 0.308 e. The number of aromatic nitrogens is 2. The van der Waals surface area contributed by atoms with Crippen LogP contribution >= 0.6 is 11.3 Å². The van der Waals surface area contributed by atoms with E-state index in [1.165, 1.54) is 16.1 Å². The number of rotatable bonds is 7. The van der Waals surface area contributed by atoms with Crippen molar-refractivity contribution in [2.75, 3.05) is 27.2 Å². The van der Waals surface area contributed by atoms with Crippen molar-refractivity contribution in [1.82, 2.24) is 19.6 Å². The molecule has 0 spiro atoms. The lowest BCUT2D eigenvalue weighted by Crippen LogP contribution is -2.31. The van der Waals surface area contributed by atoms with Gasteiger partial charge >= 0.3 is 0 Å². The highest BCUT2D eigenvalue weighted by atomic mass is 32.1. The molecule has 0 atom stereocenters. The molecule has 4 nitrogen and oxygen atoms in total. The Morgan fingerprint density at radius 2 is 2.05 bits per heavy atom. The minimum Gasteiger partial charge on any atom is -0.308 e. The average molecular weight is 292 g/mol. The Bertz CT molecular complexity index is 516. The van der Waals surface area contributed by atoms with Crippen molar-refractivity contribution in [2.45, 2.75) is 20.0 Å². The van der Waals surface area contributed by atoms with Gasteiger partial charge in [0.2, 0.25) is 0 Å². The predicted octanol–water partition coefficient (Wildman–Crippen LogP) is 2.35. The molecular weight excluding hydrogens is 268 g/mol. The van der Waals surface area contributed by atoms with Crippen LogP contribution in [0.3, 0.4) is 0 Å². The minimum absolute atomic E-state index is 0.964. The van der Waals surface area contributed by atoms with Crippen LogP contribution < -0.4 is 0 Å². The van der Waals surface area contributed by atoms with E-state index in [2.05, 4.69) is 53.4 Å². The van der Waals surface area contributed by atoms with Crippen LogP contribution in [0.4, 0.5) is 0 Å². The molecule has 0 aliphatic carbocycles. The molecular formula is C15H24N4S. The first-order chi connectivity index (χ1) is 9.56. The van der Waals surface area contributed by atoms with Gasteiger partial charge in [-0.25, -0.2) is 0 Å². The van der Waals surface area contributed by atoms with Crippen molar-refractivity contribution in [1.29, 1.82) is 0 Å². The Balaban J connectivity index is 2.03. The molecule has 0 aliphatic rings. The van der Waals surface area contributed by atoms with Crippen molar-refractivity contribution in [3.63, 3.8) is 0 Å². The van der Waals surface area contributed by atoms with Crippen molar-refractivity contribution in [3.8, 4) is 0 Å². The quantitative estimate of drug-likeness (QED) is 0.783. The summed E-state index contributed by atoms with van der Waals surface area (Å²) in [6, 6.07) is 4.34. The van der Waals surface area contributed by atoms with Crippen LogP contribution in [0.25, 0.3) is 0 Å². The van der Waals surface area contributed by atoms with Crippen LogP contribution in [0, 0.1) is 6.92 Å². The first-order valence-electron chi connectivity index (χ1n) is 6.93. The lowest BCUT2D eigenvalue weighted by atomic mass is 10.2. The predicted molar refractivity (Wildman–Crippen MR) is 84.9 cm³/mol. The van der Waals surface area contributed by atoms with Gasteiger partial charge in [0, 0.05) is 49.4 Å². The van der Waals surface area contributed by atoms with E-state index in [1.54, 1.807) is 0 Å². The SMILES string of the molecule is Cc1c(CN(CCN(C)C)Cc2cccs2)cnn1C. The fraction of sp³-hybridized carbons (Fsp3) is 0.533. The number of hydrogen-bond donors (Lipinski definition) is 0. The maximum absolute atomic E-state index is 4.34. The number of aryl methyl sites for hydroxylation is 1. The molecule has 2 heterocycles. The van der Waals surface area contributed by atoms with Crippen molar-refractivity contribution < 1.29 is 0 Å². The standard InChI is InChI=1S/C15H24N4S/c1-13-14(10-16-18(13)4)11-19(8-7-17(2)3)12-15-6-5-9-20-15/h5-6,9-10H,7-8,11-12H2,1-4H3. The number of nitrogens with zero attached hydrogens (tertiary/aromatic N) is 4. The summed E-state index contributed by atoms with van der Waals surface area (Å²) in [7, 11) is 6.25. The highest BCUT2D eigenvalue weighted by Crippen LogP contribution is 2.15. The second-order valence-corrected chi connectivity index (χ2v) is 6.50. The van der Waals surface area contributed by atoms with E-state index in [-0.39, 0.29) is 0 Å². The second kappa shape index (κ2) is 7.02. The van der Waals surface area contributed by atoms with Crippen LogP contribution in [-0.2, 0) is 20.1 Å². The third-order valence-electron chi connectivity index (χ3n) is 3.55. The number of hydrogen-bond acceptors (Lipinski definition) is 4. The average Bonchev–Trinajstić information content (AvgIpc) is 3.01. The first kappa shape index (κ1) is 15.2. The summed E-state index contributed by atoms with van der Waals surface area (Å²) in [5.41, 5.74) is 2.58. The van der Waals surface area contributed by atoms with Crippen LogP contribution in [0.5, 0.6) is 0 Å². The highest BCUT2D eigenvalue weighted by molar-refractivity contribution is 7.09. The number of thiophene rings is 1. The van der Waals surface area contributed by atoms with Gasteiger partial charge in [-0.2, -0.15) is 5.10 Å². The van der Waals surface area contributed by atoms with E-state index < -0.39 is 0 Å². The molecule has 0 unspecified atom stereocenters. The maximum Gasteiger partial charge on any atom is 0.0537 e. The maximum atomic E-state index is 4.34. The summed E-state index contributed by atoms with van der Waals surface area (Å²) in [5, 5.41) is 6.49. The summed E-state index contributed by atoms with van der Waals surface area (Å²) < 4.78 is 1.95. The molecule has 0 saturated heterocycles. The first-order valence-corrected chi connectivity index (χ1v) is 7.81. The smallest absolute Gasteiger partial charge is 0.0537 e. The molecule has 0 radical (unpaired) electrons. The van der Waals surface area contributed by atoms with E-state index in [1.807, 2.05) is 29.3 Å². The Morgan fingerprint density at radius 3 is 2.60 bits per heavy atom. The highest BCUT2D eigenvalue weighted by Gasteiger charge is 2.12. The Kier molecular flexibility index (Phi) is 5.34. The third-order valence-corrected chi connectivity index (χ3v) is 4.41. The zero-order valence-corrected chi connectivity index (χ0v) is 13.7. The molecule has 2 aromatic heterocycles.